The molecule has 0 spiro atoms. The molecule has 0 aliphatic heterocycles. The van der Waals surface area contributed by atoms with Gasteiger partial charge in [0.15, 0.2) is 13.2 Å². The molecule has 31 heavy (non-hydrogen) atoms. The topological polar surface area (TPSA) is 113 Å². The molecule has 0 saturated heterocycles. The molecule has 1 aliphatic rings. The van der Waals surface area contributed by atoms with E-state index in [4.69, 9.17) is 14.7 Å². The van der Waals surface area contributed by atoms with E-state index < -0.39 is 11.8 Å². The second-order valence-electron chi connectivity index (χ2n) is 6.98. The minimum Gasteiger partial charge on any atom is -0.484 e. The lowest BCUT2D eigenvalue weighted by atomic mass is 9.92. The van der Waals surface area contributed by atoms with Gasteiger partial charge in [0.2, 0.25) is 0 Å². The van der Waals surface area contributed by atoms with Crippen molar-refractivity contribution in [2.45, 2.75) is 25.7 Å². The van der Waals surface area contributed by atoms with Crippen molar-refractivity contribution in [2.24, 2.45) is 5.10 Å². The Morgan fingerprint density at radius 1 is 1.06 bits per heavy atom. The lowest BCUT2D eigenvalue weighted by Crippen LogP contribution is -2.37. The number of hydrazone groups is 1. The molecule has 160 valence electrons. The van der Waals surface area contributed by atoms with E-state index >= 15 is 0 Å². The van der Waals surface area contributed by atoms with Crippen molar-refractivity contribution in [2.75, 3.05) is 19.8 Å². The highest BCUT2D eigenvalue weighted by Crippen LogP contribution is 2.25. The van der Waals surface area contributed by atoms with E-state index in [0.717, 1.165) is 12.8 Å². The number of rotatable bonds is 9. The van der Waals surface area contributed by atoms with Crippen LogP contribution in [0, 0.1) is 11.3 Å². The maximum atomic E-state index is 12.0. The van der Waals surface area contributed by atoms with Crippen molar-refractivity contribution in [3.63, 3.8) is 0 Å². The third kappa shape index (κ3) is 6.85. The second-order valence-corrected chi connectivity index (χ2v) is 6.98. The molecule has 0 radical (unpaired) electrons. The number of aryl methyl sites for hydroxylation is 2. The predicted molar refractivity (Wildman–Crippen MR) is 115 cm³/mol. The van der Waals surface area contributed by atoms with Crippen LogP contribution in [0.4, 0.5) is 0 Å². The zero-order chi connectivity index (χ0) is 21.9. The number of ether oxygens (including phenoxy) is 2. The number of amides is 2. The highest BCUT2D eigenvalue weighted by Gasteiger charge is 2.11. The molecular weight excluding hydrogens is 396 g/mol. The zero-order valence-electron chi connectivity index (χ0n) is 17.1. The van der Waals surface area contributed by atoms with Gasteiger partial charge in [-0.2, -0.15) is 10.4 Å². The van der Waals surface area contributed by atoms with Crippen molar-refractivity contribution < 1.29 is 19.1 Å². The van der Waals surface area contributed by atoms with Crippen LogP contribution in [0.2, 0.25) is 0 Å². The van der Waals surface area contributed by atoms with Crippen LogP contribution in [0.15, 0.2) is 47.6 Å². The number of nitrogens with one attached hydrogen (secondary N) is 2. The molecule has 0 heterocycles. The van der Waals surface area contributed by atoms with Crippen molar-refractivity contribution >= 4 is 18.0 Å². The summed E-state index contributed by atoms with van der Waals surface area (Å²) in [6.45, 7) is -0.480. The van der Waals surface area contributed by atoms with Gasteiger partial charge in [0.25, 0.3) is 11.8 Å². The SMILES string of the molecule is N#CCOc1ccccc1C=NNC(=O)CNC(=O)COc1ccc2c(c1)CCCC2. The molecular formula is C23H24N4O4. The summed E-state index contributed by atoms with van der Waals surface area (Å²) >= 11 is 0. The van der Waals surface area contributed by atoms with Gasteiger partial charge in [-0.15, -0.1) is 0 Å². The molecule has 2 N–H and O–H groups in total. The Morgan fingerprint density at radius 3 is 2.71 bits per heavy atom. The molecule has 0 saturated carbocycles. The monoisotopic (exact) mass is 420 g/mol. The van der Waals surface area contributed by atoms with Gasteiger partial charge in [0.05, 0.1) is 12.8 Å². The Kier molecular flexibility index (Phi) is 8.00. The lowest BCUT2D eigenvalue weighted by molar-refractivity contribution is -0.127. The summed E-state index contributed by atoms with van der Waals surface area (Å²) in [5.74, 6) is 0.262. The van der Waals surface area contributed by atoms with Crippen LogP contribution in [0.5, 0.6) is 11.5 Å². The summed E-state index contributed by atoms with van der Waals surface area (Å²) in [5.41, 5.74) is 5.57. The summed E-state index contributed by atoms with van der Waals surface area (Å²) in [7, 11) is 0. The first-order chi connectivity index (χ1) is 15.2. The zero-order valence-corrected chi connectivity index (χ0v) is 17.1. The first kappa shape index (κ1) is 21.8. The smallest absolute Gasteiger partial charge is 0.259 e. The summed E-state index contributed by atoms with van der Waals surface area (Å²) in [5, 5.41) is 15.0. The van der Waals surface area contributed by atoms with E-state index in [2.05, 4.69) is 21.9 Å². The fourth-order valence-corrected chi connectivity index (χ4v) is 3.22. The van der Waals surface area contributed by atoms with E-state index in [1.54, 1.807) is 24.3 Å². The van der Waals surface area contributed by atoms with Crippen molar-refractivity contribution in [3.8, 4) is 17.6 Å². The van der Waals surface area contributed by atoms with Gasteiger partial charge < -0.3 is 14.8 Å². The highest BCUT2D eigenvalue weighted by molar-refractivity contribution is 5.87. The number of carbonyl (C=O) groups is 2. The average molecular weight is 420 g/mol. The van der Waals surface area contributed by atoms with E-state index in [0.29, 0.717) is 17.1 Å². The average Bonchev–Trinajstić information content (AvgIpc) is 2.80. The molecule has 0 bridgehead atoms. The van der Waals surface area contributed by atoms with E-state index in [9.17, 15) is 9.59 Å². The molecule has 3 rings (SSSR count). The number of benzene rings is 2. The minimum atomic E-state index is -0.478. The number of hydrogen-bond acceptors (Lipinski definition) is 6. The van der Waals surface area contributed by atoms with Gasteiger partial charge in [-0.05, 0) is 61.1 Å². The maximum Gasteiger partial charge on any atom is 0.259 e. The van der Waals surface area contributed by atoms with Gasteiger partial charge in [-0.25, -0.2) is 5.43 Å². The van der Waals surface area contributed by atoms with Crippen molar-refractivity contribution in [3.05, 3.63) is 59.2 Å². The molecule has 0 aromatic heterocycles. The third-order valence-electron chi connectivity index (χ3n) is 4.74. The molecule has 2 aromatic carbocycles. The Labute approximate surface area is 180 Å². The Balaban J connectivity index is 1.39. The quantitative estimate of drug-likeness (QED) is 0.477. The fourth-order valence-electron chi connectivity index (χ4n) is 3.22. The van der Waals surface area contributed by atoms with Crippen LogP contribution in [0.25, 0.3) is 0 Å². The normalized spacial score (nSPS) is 12.5. The summed E-state index contributed by atoms with van der Waals surface area (Å²) in [4.78, 5) is 23.8. The Hall–Kier alpha value is -3.86. The number of para-hydroxylation sites is 1. The van der Waals surface area contributed by atoms with E-state index in [1.165, 1.54) is 30.2 Å². The number of nitriles is 1. The number of carbonyl (C=O) groups excluding carboxylic acids is 2. The van der Waals surface area contributed by atoms with Crippen molar-refractivity contribution in [1.82, 2.24) is 10.7 Å². The highest BCUT2D eigenvalue weighted by atomic mass is 16.5. The van der Waals surface area contributed by atoms with Crippen LogP contribution in [0.3, 0.4) is 0 Å². The number of fused-ring (bicyclic) bond motifs is 1. The largest absolute Gasteiger partial charge is 0.484 e. The van der Waals surface area contributed by atoms with E-state index in [1.807, 2.05) is 18.2 Å². The van der Waals surface area contributed by atoms with Gasteiger partial charge in [-0.1, -0.05) is 18.2 Å². The van der Waals surface area contributed by atoms with Crippen LogP contribution in [0.1, 0.15) is 29.5 Å². The number of hydrogen-bond donors (Lipinski definition) is 2. The van der Waals surface area contributed by atoms with Crippen LogP contribution in [-0.4, -0.2) is 37.8 Å². The van der Waals surface area contributed by atoms with Gasteiger partial charge in [0.1, 0.15) is 17.6 Å². The number of nitrogens with zero attached hydrogens (tertiary/aromatic N) is 2. The Bertz CT molecular complexity index is 997. The molecule has 0 unspecified atom stereocenters. The molecule has 0 atom stereocenters. The minimum absolute atomic E-state index is 0.0865. The van der Waals surface area contributed by atoms with Gasteiger partial charge in [-0.3, -0.25) is 9.59 Å². The summed E-state index contributed by atoms with van der Waals surface area (Å²) < 4.78 is 10.8. The molecule has 8 nitrogen and oxygen atoms in total. The fraction of sp³-hybridized carbons (Fsp3) is 0.304. The van der Waals surface area contributed by atoms with Gasteiger partial charge in [0, 0.05) is 5.56 Å². The van der Waals surface area contributed by atoms with E-state index in [-0.39, 0.29) is 19.8 Å². The molecule has 8 heteroatoms. The third-order valence-corrected chi connectivity index (χ3v) is 4.74. The second kappa shape index (κ2) is 11.4. The maximum absolute atomic E-state index is 12.0. The standard InChI is InChI=1S/C23H24N4O4/c24-11-12-30-21-8-4-3-7-19(21)14-26-27-22(28)15-25-23(29)16-31-20-10-9-17-5-1-2-6-18(17)13-20/h3-4,7-10,13-14H,1-2,5-6,12,15-16H2,(H,25,29)(H,27,28). The summed E-state index contributed by atoms with van der Waals surface area (Å²) in [6, 6.07) is 14.8. The molecule has 1 aliphatic carbocycles. The van der Waals surface area contributed by atoms with Crippen molar-refractivity contribution in [1.29, 1.82) is 5.26 Å². The predicted octanol–water partition coefficient (Wildman–Crippen LogP) is 2.11. The van der Waals surface area contributed by atoms with Crippen LogP contribution in [-0.2, 0) is 22.4 Å². The van der Waals surface area contributed by atoms with Gasteiger partial charge >= 0.3 is 0 Å². The van der Waals surface area contributed by atoms with Crippen LogP contribution >= 0.6 is 0 Å². The molecule has 2 aromatic rings. The molecule has 2 amide bonds. The summed E-state index contributed by atoms with van der Waals surface area (Å²) in [6.07, 6.45) is 5.92. The Morgan fingerprint density at radius 2 is 1.87 bits per heavy atom. The molecule has 0 fully saturated rings. The first-order valence-corrected chi connectivity index (χ1v) is 10.1. The lowest BCUT2D eigenvalue weighted by Gasteiger charge is -2.16. The van der Waals surface area contributed by atoms with Crippen LogP contribution < -0.4 is 20.2 Å². The first-order valence-electron chi connectivity index (χ1n) is 10.1.